The van der Waals surface area contributed by atoms with Gasteiger partial charge in [-0.05, 0) is 39.7 Å². The highest BCUT2D eigenvalue weighted by molar-refractivity contribution is 6.30. The first kappa shape index (κ1) is 21.0. The van der Waals surface area contributed by atoms with E-state index in [1.54, 1.807) is 6.07 Å². The van der Waals surface area contributed by atoms with E-state index in [4.69, 9.17) is 16.9 Å². The lowest BCUT2D eigenvalue weighted by molar-refractivity contribution is 0.0650. The zero-order valence-electron chi connectivity index (χ0n) is 14.9. The third-order valence-corrected chi connectivity index (χ3v) is 4.02. The van der Waals surface area contributed by atoms with Gasteiger partial charge in [-0.3, -0.25) is 0 Å². The molecule has 0 aliphatic carbocycles. The SMILES string of the molecule is CCCC(CCNc1nc(Cl)c(C#N)cc1F)N(C(=O)O)C(C)(C)C. The fourth-order valence-corrected chi connectivity index (χ4v) is 2.93. The topological polar surface area (TPSA) is 89.3 Å². The average Bonchev–Trinajstić information content (AvgIpc) is 2.48. The molecule has 0 fully saturated rings. The standard InChI is InChI=1S/C17H24ClFN4O2/c1-5-6-12(23(16(24)25)17(2,3)4)7-8-21-15-13(19)9-11(10-20)14(18)22-15/h9,12H,5-8H2,1-4H3,(H,21,22)(H,24,25). The normalized spacial score (nSPS) is 12.4. The minimum atomic E-state index is -0.975. The van der Waals surface area contributed by atoms with Gasteiger partial charge in [0, 0.05) is 18.1 Å². The van der Waals surface area contributed by atoms with Crippen molar-refractivity contribution >= 4 is 23.5 Å². The molecule has 0 radical (unpaired) electrons. The third-order valence-electron chi connectivity index (χ3n) is 3.74. The molecule has 8 heteroatoms. The summed E-state index contributed by atoms with van der Waals surface area (Å²) in [5.41, 5.74) is -0.564. The molecule has 1 atom stereocenters. The smallest absolute Gasteiger partial charge is 0.407 e. The summed E-state index contributed by atoms with van der Waals surface area (Å²) in [5, 5.41) is 21.1. The van der Waals surface area contributed by atoms with Gasteiger partial charge in [0.1, 0.15) is 11.2 Å². The second kappa shape index (κ2) is 8.86. The van der Waals surface area contributed by atoms with E-state index in [-0.39, 0.29) is 22.6 Å². The Labute approximate surface area is 152 Å². The van der Waals surface area contributed by atoms with Gasteiger partial charge >= 0.3 is 6.09 Å². The van der Waals surface area contributed by atoms with Crippen LogP contribution in [0.1, 0.15) is 52.5 Å². The molecule has 2 N–H and O–H groups in total. The van der Waals surface area contributed by atoms with Gasteiger partial charge < -0.3 is 15.3 Å². The minimum Gasteiger partial charge on any atom is -0.465 e. The maximum absolute atomic E-state index is 13.9. The van der Waals surface area contributed by atoms with Crippen LogP contribution in [0.5, 0.6) is 0 Å². The van der Waals surface area contributed by atoms with E-state index < -0.39 is 17.4 Å². The van der Waals surface area contributed by atoms with E-state index >= 15 is 0 Å². The molecule has 0 saturated heterocycles. The van der Waals surface area contributed by atoms with Crippen molar-refractivity contribution in [2.45, 2.75) is 58.5 Å². The summed E-state index contributed by atoms with van der Waals surface area (Å²) in [5.74, 6) is -0.712. The lowest BCUT2D eigenvalue weighted by atomic mass is 9.98. The van der Waals surface area contributed by atoms with Crippen molar-refractivity contribution in [2.75, 3.05) is 11.9 Å². The van der Waals surface area contributed by atoms with Crippen molar-refractivity contribution in [3.63, 3.8) is 0 Å². The van der Waals surface area contributed by atoms with Gasteiger partial charge in [-0.15, -0.1) is 0 Å². The average molecular weight is 371 g/mol. The number of halogens is 2. The van der Waals surface area contributed by atoms with Crippen molar-refractivity contribution in [3.05, 3.63) is 22.6 Å². The van der Waals surface area contributed by atoms with Crippen molar-refractivity contribution in [1.29, 1.82) is 5.26 Å². The van der Waals surface area contributed by atoms with Gasteiger partial charge in [0.05, 0.1) is 5.56 Å². The molecule has 0 aromatic carbocycles. The molecule has 0 aliphatic rings. The van der Waals surface area contributed by atoms with Crippen LogP contribution in [0.15, 0.2) is 6.07 Å². The van der Waals surface area contributed by atoms with E-state index in [9.17, 15) is 14.3 Å². The first-order chi connectivity index (χ1) is 11.6. The number of amides is 1. The molecule has 0 spiro atoms. The van der Waals surface area contributed by atoms with Crippen LogP contribution in [0.2, 0.25) is 5.15 Å². The molecule has 0 bridgehead atoms. The first-order valence-corrected chi connectivity index (χ1v) is 8.51. The van der Waals surface area contributed by atoms with Crippen LogP contribution in [0.25, 0.3) is 0 Å². The summed E-state index contributed by atoms with van der Waals surface area (Å²) < 4.78 is 13.9. The summed E-state index contributed by atoms with van der Waals surface area (Å²) >= 11 is 5.82. The Morgan fingerprint density at radius 2 is 2.16 bits per heavy atom. The molecule has 6 nitrogen and oxygen atoms in total. The predicted molar refractivity (Wildman–Crippen MR) is 95.3 cm³/mol. The lowest BCUT2D eigenvalue weighted by Crippen LogP contribution is -2.51. The second-order valence-electron chi connectivity index (χ2n) is 6.75. The van der Waals surface area contributed by atoms with Crippen molar-refractivity contribution in [2.24, 2.45) is 0 Å². The number of rotatable bonds is 7. The zero-order chi connectivity index (χ0) is 19.2. The maximum atomic E-state index is 13.9. The lowest BCUT2D eigenvalue weighted by Gasteiger charge is -2.39. The molecule has 1 rings (SSSR count). The summed E-state index contributed by atoms with van der Waals surface area (Å²) in [7, 11) is 0. The molecule has 138 valence electrons. The Morgan fingerprint density at radius 3 is 2.64 bits per heavy atom. The van der Waals surface area contributed by atoms with Crippen LogP contribution in [0, 0.1) is 17.1 Å². The number of hydrogen-bond acceptors (Lipinski definition) is 4. The molecule has 25 heavy (non-hydrogen) atoms. The zero-order valence-corrected chi connectivity index (χ0v) is 15.7. The number of nitrogens with one attached hydrogen (secondary N) is 1. The molecule has 1 amide bonds. The molecule has 1 heterocycles. The number of aromatic nitrogens is 1. The second-order valence-corrected chi connectivity index (χ2v) is 7.11. The van der Waals surface area contributed by atoms with E-state index in [0.717, 1.165) is 12.5 Å². The van der Waals surface area contributed by atoms with Gasteiger partial charge in [0.25, 0.3) is 0 Å². The maximum Gasteiger partial charge on any atom is 0.407 e. The highest BCUT2D eigenvalue weighted by Gasteiger charge is 2.32. The molecule has 1 aromatic rings. The van der Waals surface area contributed by atoms with Crippen LogP contribution in [-0.4, -0.2) is 39.2 Å². The number of carboxylic acid groups (broad SMARTS) is 1. The van der Waals surface area contributed by atoms with E-state index in [1.165, 1.54) is 4.90 Å². The van der Waals surface area contributed by atoms with E-state index in [2.05, 4.69) is 10.3 Å². The number of pyridine rings is 1. The Kier molecular flexibility index (Phi) is 7.43. The monoisotopic (exact) mass is 370 g/mol. The Hall–Kier alpha value is -2.07. The van der Waals surface area contributed by atoms with E-state index in [0.29, 0.717) is 19.4 Å². The number of nitrogens with zero attached hydrogens (tertiary/aromatic N) is 3. The van der Waals surface area contributed by atoms with E-state index in [1.807, 2.05) is 27.7 Å². The Balaban J connectivity index is 2.84. The summed E-state index contributed by atoms with van der Waals surface area (Å²) in [4.78, 5) is 16.9. The first-order valence-electron chi connectivity index (χ1n) is 8.14. The molecule has 1 aromatic heterocycles. The van der Waals surface area contributed by atoms with Gasteiger partial charge in [-0.25, -0.2) is 14.2 Å². The highest BCUT2D eigenvalue weighted by Crippen LogP contribution is 2.24. The minimum absolute atomic E-state index is 0.0293. The van der Waals surface area contributed by atoms with Crippen LogP contribution in [0.4, 0.5) is 15.0 Å². The number of hydrogen-bond donors (Lipinski definition) is 2. The fraction of sp³-hybridized carbons (Fsp3) is 0.588. The molecule has 1 unspecified atom stereocenters. The van der Waals surface area contributed by atoms with Crippen molar-refractivity contribution < 1.29 is 14.3 Å². The van der Waals surface area contributed by atoms with Crippen LogP contribution >= 0.6 is 11.6 Å². The quantitative estimate of drug-likeness (QED) is 0.690. The molecular weight excluding hydrogens is 347 g/mol. The van der Waals surface area contributed by atoms with Gasteiger partial charge in [0.2, 0.25) is 0 Å². The van der Waals surface area contributed by atoms with Crippen molar-refractivity contribution in [1.82, 2.24) is 9.88 Å². The van der Waals surface area contributed by atoms with Gasteiger partial charge in [-0.1, -0.05) is 24.9 Å². The van der Waals surface area contributed by atoms with Crippen molar-refractivity contribution in [3.8, 4) is 6.07 Å². The van der Waals surface area contributed by atoms with Crippen LogP contribution < -0.4 is 5.32 Å². The largest absolute Gasteiger partial charge is 0.465 e. The summed E-state index contributed by atoms with van der Waals surface area (Å²) in [6.07, 6.45) is 1.06. The third kappa shape index (κ3) is 5.75. The molecule has 0 saturated carbocycles. The molecular formula is C17H24ClFN4O2. The molecule has 0 aliphatic heterocycles. The predicted octanol–water partition coefficient (Wildman–Crippen LogP) is 4.49. The number of anilines is 1. The summed E-state index contributed by atoms with van der Waals surface area (Å²) in [6.45, 7) is 7.86. The highest BCUT2D eigenvalue weighted by atomic mass is 35.5. The van der Waals surface area contributed by atoms with Gasteiger partial charge in [-0.2, -0.15) is 5.26 Å². The van der Waals surface area contributed by atoms with Crippen LogP contribution in [0.3, 0.4) is 0 Å². The van der Waals surface area contributed by atoms with Gasteiger partial charge in [0.15, 0.2) is 11.6 Å². The summed E-state index contributed by atoms with van der Waals surface area (Å²) in [6, 6.07) is 2.59. The Morgan fingerprint density at radius 1 is 1.52 bits per heavy atom. The number of carbonyl (C=O) groups is 1. The Bertz CT molecular complexity index is 655. The number of nitriles is 1. The fourth-order valence-electron chi connectivity index (χ4n) is 2.75. The van der Waals surface area contributed by atoms with Crippen LogP contribution in [-0.2, 0) is 0 Å².